The van der Waals surface area contributed by atoms with E-state index in [1.54, 1.807) is 0 Å². The molecule has 2 heterocycles. The Balaban J connectivity index is 1.74. The van der Waals surface area contributed by atoms with Crippen LogP contribution in [0.5, 0.6) is 0 Å². The maximum atomic E-state index is 10.6. The molecule has 2 aliphatic heterocycles. The van der Waals surface area contributed by atoms with Gasteiger partial charge in [0.25, 0.3) is 0 Å². The molecule has 0 saturated carbocycles. The lowest BCUT2D eigenvalue weighted by atomic mass is 9.97. The molecule has 0 spiro atoms. The molecule has 0 aromatic rings. The van der Waals surface area contributed by atoms with Gasteiger partial charge in [0.2, 0.25) is 0 Å². The lowest BCUT2D eigenvalue weighted by Crippen LogP contribution is -2.64. The van der Waals surface area contributed by atoms with Gasteiger partial charge in [-0.25, -0.2) is 0 Å². The summed E-state index contributed by atoms with van der Waals surface area (Å²) in [5.74, 6) is 0. The zero-order valence-corrected chi connectivity index (χ0v) is 20.7. The van der Waals surface area contributed by atoms with Crippen molar-refractivity contribution in [2.24, 2.45) is 0 Å². The Hall–Kier alpha value is -0.440. The number of hydrogen-bond acceptors (Lipinski definition) is 11. The van der Waals surface area contributed by atoms with Crippen LogP contribution >= 0.6 is 0 Å². The molecule has 10 atom stereocenters. The van der Waals surface area contributed by atoms with Crippen LogP contribution in [0.2, 0.25) is 0 Å². The van der Waals surface area contributed by atoms with E-state index >= 15 is 0 Å². The maximum absolute atomic E-state index is 10.6. The van der Waals surface area contributed by atoms with E-state index in [1.807, 2.05) is 0 Å². The van der Waals surface area contributed by atoms with E-state index < -0.39 is 74.6 Å². The molecule has 11 heteroatoms. The van der Waals surface area contributed by atoms with Gasteiger partial charge in [0.15, 0.2) is 12.6 Å². The van der Waals surface area contributed by atoms with Crippen molar-refractivity contribution in [2.75, 3.05) is 19.8 Å². The molecule has 0 amide bonds. The monoisotopic (exact) mass is 510 g/mol. The summed E-state index contributed by atoms with van der Waals surface area (Å²) in [6.07, 6.45) is -2.63. The molecule has 1 unspecified atom stereocenters. The molecule has 2 saturated heterocycles. The Labute approximate surface area is 207 Å². The van der Waals surface area contributed by atoms with E-state index in [0.29, 0.717) is 6.61 Å². The van der Waals surface area contributed by atoms with Gasteiger partial charge in [-0.2, -0.15) is 0 Å². The highest BCUT2D eigenvalue weighted by molar-refractivity contribution is 4.94. The van der Waals surface area contributed by atoms with E-state index in [-0.39, 0.29) is 0 Å². The summed E-state index contributed by atoms with van der Waals surface area (Å²) < 4.78 is 22.0. The van der Waals surface area contributed by atoms with Crippen LogP contribution in [0, 0.1) is 0 Å². The van der Waals surface area contributed by atoms with Crippen LogP contribution in [0.15, 0.2) is 0 Å². The van der Waals surface area contributed by atoms with Gasteiger partial charge in [0.05, 0.1) is 13.2 Å². The average molecular weight is 511 g/mol. The van der Waals surface area contributed by atoms with E-state index in [9.17, 15) is 35.7 Å². The lowest BCUT2D eigenvalue weighted by molar-refractivity contribution is -0.359. The fourth-order valence-corrected chi connectivity index (χ4v) is 4.48. The molecule has 11 nitrogen and oxygen atoms in total. The zero-order chi connectivity index (χ0) is 25.8. The predicted octanol–water partition coefficient (Wildman–Crippen LogP) is -0.452. The van der Waals surface area contributed by atoms with Crippen molar-refractivity contribution >= 4 is 0 Å². The van der Waals surface area contributed by atoms with Gasteiger partial charge in [0.1, 0.15) is 48.8 Å². The van der Waals surface area contributed by atoms with Crippen molar-refractivity contribution in [2.45, 2.75) is 133 Å². The summed E-state index contributed by atoms with van der Waals surface area (Å²) in [5, 5.41) is 70.1. The number of hydrogen-bond donors (Lipinski definition) is 7. The van der Waals surface area contributed by atoms with Gasteiger partial charge in [-0.1, -0.05) is 64.7 Å². The number of ether oxygens (including phenoxy) is 4. The molecule has 2 aliphatic rings. The Morgan fingerprint density at radius 2 is 1.09 bits per heavy atom. The summed E-state index contributed by atoms with van der Waals surface area (Å²) in [5.41, 5.74) is 0. The Morgan fingerprint density at radius 1 is 0.571 bits per heavy atom. The molecule has 35 heavy (non-hydrogen) atoms. The maximum Gasteiger partial charge on any atom is 0.187 e. The standard InChI is InChI=1S/C24H46O11/c1-2-3-4-5-6-7-8-9-10-11-12-32-23-21(31)19(29)22(16(14-26)34-23)35-24-20(30)18(28)17(27)15(13-25)33-24/h15-31H,2-14H2,1H3/t15-,16-,17-,18-,19-,20-,21+,22-,23-,24?/m1/s1. The SMILES string of the molecule is CCCCCCCCCCCCO[C@@H]1O[C@H](CO)[C@@H](OC2O[C@H](CO)[C@@H](O)[C@@H](O)[C@H]2O)[C@H](O)[C@@H]1O. The number of rotatable bonds is 16. The van der Waals surface area contributed by atoms with Crippen LogP contribution < -0.4 is 0 Å². The molecule has 0 radical (unpaired) electrons. The van der Waals surface area contributed by atoms with Crippen LogP contribution in [-0.2, 0) is 18.9 Å². The van der Waals surface area contributed by atoms with Crippen molar-refractivity contribution in [1.82, 2.24) is 0 Å². The fraction of sp³-hybridized carbons (Fsp3) is 1.00. The topological polar surface area (TPSA) is 179 Å². The summed E-state index contributed by atoms with van der Waals surface area (Å²) in [6, 6.07) is 0. The van der Waals surface area contributed by atoms with Crippen molar-refractivity contribution in [3.8, 4) is 0 Å². The molecule has 0 bridgehead atoms. The Morgan fingerprint density at radius 3 is 1.66 bits per heavy atom. The van der Waals surface area contributed by atoms with E-state index in [0.717, 1.165) is 19.3 Å². The second-order valence-electron chi connectivity index (χ2n) is 9.56. The fourth-order valence-electron chi connectivity index (χ4n) is 4.48. The van der Waals surface area contributed by atoms with E-state index in [4.69, 9.17) is 18.9 Å². The second kappa shape index (κ2) is 16.4. The normalized spacial score (nSPS) is 38.1. The quantitative estimate of drug-likeness (QED) is 0.134. The van der Waals surface area contributed by atoms with Crippen molar-refractivity contribution in [1.29, 1.82) is 0 Å². The first-order valence-corrected chi connectivity index (χ1v) is 13.1. The highest BCUT2D eigenvalue weighted by atomic mass is 16.7. The highest BCUT2D eigenvalue weighted by Crippen LogP contribution is 2.29. The van der Waals surface area contributed by atoms with Crippen LogP contribution in [0.3, 0.4) is 0 Å². The Kier molecular flexibility index (Phi) is 14.4. The van der Waals surface area contributed by atoms with E-state index in [1.165, 1.54) is 44.9 Å². The summed E-state index contributed by atoms with van der Waals surface area (Å²) in [6.45, 7) is 1.31. The third kappa shape index (κ3) is 9.11. The number of aliphatic hydroxyl groups excluding tert-OH is 7. The van der Waals surface area contributed by atoms with Gasteiger partial charge in [-0.15, -0.1) is 0 Å². The van der Waals surface area contributed by atoms with Gasteiger partial charge in [0, 0.05) is 6.61 Å². The van der Waals surface area contributed by atoms with Crippen molar-refractivity contribution in [3.05, 3.63) is 0 Å². The third-order valence-electron chi connectivity index (χ3n) is 6.74. The van der Waals surface area contributed by atoms with Gasteiger partial charge in [-0.3, -0.25) is 0 Å². The van der Waals surface area contributed by atoms with E-state index in [2.05, 4.69) is 6.92 Å². The average Bonchev–Trinajstić information content (AvgIpc) is 2.86. The molecule has 7 N–H and O–H groups in total. The highest BCUT2D eigenvalue weighted by Gasteiger charge is 2.50. The largest absolute Gasteiger partial charge is 0.394 e. The molecule has 208 valence electrons. The van der Waals surface area contributed by atoms with Crippen LogP contribution in [0.25, 0.3) is 0 Å². The van der Waals surface area contributed by atoms with Crippen molar-refractivity contribution in [3.63, 3.8) is 0 Å². The minimum atomic E-state index is -1.69. The van der Waals surface area contributed by atoms with Crippen LogP contribution in [0.4, 0.5) is 0 Å². The van der Waals surface area contributed by atoms with Gasteiger partial charge in [-0.05, 0) is 6.42 Å². The van der Waals surface area contributed by atoms with Crippen molar-refractivity contribution < 1.29 is 54.7 Å². The first kappa shape index (κ1) is 30.8. The molecule has 0 aromatic heterocycles. The first-order valence-electron chi connectivity index (χ1n) is 13.1. The van der Waals surface area contributed by atoms with Gasteiger partial charge < -0.3 is 54.7 Å². The Bertz CT molecular complexity index is 550. The van der Waals surface area contributed by atoms with Crippen LogP contribution in [-0.4, -0.2) is 117 Å². The molecular formula is C24H46O11. The minimum absolute atomic E-state index is 0.321. The second-order valence-corrected chi connectivity index (χ2v) is 9.56. The lowest BCUT2D eigenvalue weighted by Gasteiger charge is -2.45. The number of aliphatic hydroxyl groups is 7. The molecule has 2 rings (SSSR count). The molecule has 0 aromatic carbocycles. The first-order chi connectivity index (χ1) is 16.8. The minimum Gasteiger partial charge on any atom is -0.394 e. The number of unbranched alkanes of at least 4 members (excludes halogenated alkanes) is 9. The predicted molar refractivity (Wildman–Crippen MR) is 124 cm³/mol. The molecule has 2 fully saturated rings. The summed E-state index contributed by atoms with van der Waals surface area (Å²) in [4.78, 5) is 0. The van der Waals surface area contributed by atoms with Crippen LogP contribution in [0.1, 0.15) is 71.1 Å². The molecule has 0 aliphatic carbocycles. The summed E-state index contributed by atoms with van der Waals surface area (Å²) in [7, 11) is 0. The zero-order valence-electron chi connectivity index (χ0n) is 20.7. The summed E-state index contributed by atoms with van der Waals surface area (Å²) >= 11 is 0. The smallest absolute Gasteiger partial charge is 0.187 e. The molecular weight excluding hydrogens is 464 g/mol. The van der Waals surface area contributed by atoms with Gasteiger partial charge >= 0.3 is 0 Å². The third-order valence-corrected chi connectivity index (χ3v) is 6.74.